The van der Waals surface area contributed by atoms with Gasteiger partial charge in [-0.2, -0.15) is 13.9 Å². The minimum Gasteiger partial charge on any atom is -0.434 e. The molecule has 0 bridgehead atoms. The van der Waals surface area contributed by atoms with Crippen LogP contribution in [0.2, 0.25) is 0 Å². The number of hydrogen-bond acceptors (Lipinski definition) is 3. The summed E-state index contributed by atoms with van der Waals surface area (Å²) in [4.78, 5) is 13.0. The number of amides is 1. The molecule has 2 unspecified atom stereocenters. The standard InChI is InChI=1S/C27H25F4N3O2/c1-16-9-10-19(27(3,30)31)13-23(16)32-25(35)22-15-34(33-17(22)2)20-11-12-24(36-26(28)29)21(14-20)18-7-5-4-6-8-18/h4-16,23,26H,1-3H3,(H,32,35). The van der Waals surface area contributed by atoms with Crippen molar-refractivity contribution in [3.8, 4) is 22.6 Å². The fraction of sp³-hybridized carbons (Fsp3) is 0.259. The lowest BCUT2D eigenvalue weighted by molar-refractivity contribution is -0.0494. The van der Waals surface area contributed by atoms with E-state index in [1.165, 1.54) is 29.1 Å². The van der Waals surface area contributed by atoms with Crippen molar-refractivity contribution < 1.29 is 27.1 Å². The number of aryl methyl sites for hydroxylation is 1. The highest BCUT2D eigenvalue weighted by molar-refractivity contribution is 5.95. The molecule has 2 atom stereocenters. The first kappa shape index (κ1) is 25.2. The summed E-state index contributed by atoms with van der Waals surface area (Å²) in [6.45, 7) is 1.31. The maximum atomic E-state index is 13.8. The van der Waals surface area contributed by atoms with E-state index in [0.29, 0.717) is 22.5 Å². The van der Waals surface area contributed by atoms with E-state index >= 15 is 0 Å². The Morgan fingerprint density at radius 3 is 2.56 bits per heavy atom. The first-order valence-corrected chi connectivity index (χ1v) is 11.3. The predicted octanol–water partition coefficient (Wildman–Crippen LogP) is 6.34. The van der Waals surface area contributed by atoms with E-state index in [9.17, 15) is 22.4 Å². The minimum atomic E-state index is -3.02. The number of carbonyl (C=O) groups is 1. The molecule has 0 fully saturated rings. The van der Waals surface area contributed by atoms with Crippen molar-refractivity contribution in [3.63, 3.8) is 0 Å². The van der Waals surface area contributed by atoms with E-state index in [4.69, 9.17) is 4.74 Å². The van der Waals surface area contributed by atoms with Gasteiger partial charge in [-0.25, -0.2) is 13.5 Å². The number of alkyl halides is 4. The molecule has 0 spiro atoms. The Morgan fingerprint density at radius 2 is 1.89 bits per heavy atom. The third-order valence-electron chi connectivity index (χ3n) is 5.98. The number of ether oxygens (including phenoxy) is 1. The number of hydrogen-bond donors (Lipinski definition) is 1. The Bertz CT molecular complexity index is 1310. The van der Waals surface area contributed by atoms with Crippen LogP contribution in [0.25, 0.3) is 16.8 Å². The van der Waals surface area contributed by atoms with E-state index in [1.54, 1.807) is 49.4 Å². The van der Waals surface area contributed by atoms with Crippen molar-refractivity contribution in [2.75, 3.05) is 0 Å². The summed E-state index contributed by atoms with van der Waals surface area (Å²) < 4.78 is 59.6. The first-order chi connectivity index (χ1) is 17.0. The second kappa shape index (κ2) is 10.0. The van der Waals surface area contributed by atoms with Gasteiger partial charge in [-0.3, -0.25) is 4.79 Å². The Hall–Kier alpha value is -3.88. The molecule has 0 saturated carbocycles. The number of allylic oxidation sites excluding steroid dienone is 2. The van der Waals surface area contributed by atoms with E-state index in [2.05, 4.69) is 10.4 Å². The Kier molecular flexibility index (Phi) is 7.01. The van der Waals surface area contributed by atoms with Gasteiger partial charge < -0.3 is 10.1 Å². The normalized spacial score (nSPS) is 17.7. The molecule has 0 aliphatic heterocycles. The SMILES string of the molecule is Cc1nn(-c2ccc(OC(F)F)c(-c3ccccc3)c2)cc1C(=O)NC1C=C(C(C)(F)F)C=CC1C. The first-order valence-electron chi connectivity index (χ1n) is 11.3. The van der Waals surface area contributed by atoms with Gasteiger partial charge in [0.05, 0.1) is 23.0 Å². The van der Waals surface area contributed by atoms with Crippen LogP contribution in [0.5, 0.6) is 5.75 Å². The lowest BCUT2D eigenvalue weighted by Crippen LogP contribution is -2.39. The molecule has 2 aromatic carbocycles. The van der Waals surface area contributed by atoms with Crippen molar-refractivity contribution in [2.24, 2.45) is 5.92 Å². The van der Waals surface area contributed by atoms with Gasteiger partial charge in [0.25, 0.3) is 11.8 Å². The number of benzene rings is 2. The van der Waals surface area contributed by atoms with E-state index in [1.807, 2.05) is 13.0 Å². The molecule has 1 amide bonds. The highest BCUT2D eigenvalue weighted by atomic mass is 19.3. The topological polar surface area (TPSA) is 56.2 Å². The molecule has 1 N–H and O–H groups in total. The summed E-state index contributed by atoms with van der Waals surface area (Å²) >= 11 is 0. The lowest BCUT2D eigenvalue weighted by atomic mass is 9.91. The zero-order chi connectivity index (χ0) is 26.0. The smallest absolute Gasteiger partial charge is 0.387 e. The van der Waals surface area contributed by atoms with Crippen LogP contribution in [0.3, 0.4) is 0 Å². The van der Waals surface area contributed by atoms with Gasteiger partial charge in [0.2, 0.25) is 0 Å². The van der Waals surface area contributed by atoms with Gasteiger partial charge in [-0.15, -0.1) is 0 Å². The average Bonchev–Trinajstić information content (AvgIpc) is 3.22. The summed E-state index contributed by atoms with van der Waals surface area (Å²) in [5.41, 5.74) is 2.17. The second-order valence-corrected chi connectivity index (χ2v) is 8.73. The molecule has 1 aromatic heterocycles. The minimum absolute atomic E-state index is 0.0106. The second-order valence-electron chi connectivity index (χ2n) is 8.73. The Morgan fingerprint density at radius 1 is 1.17 bits per heavy atom. The number of carbonyl (C=O) groups excluding carboxylic acids is 1. The third kappa shape index (κ3) is 5.50. The van der Waals surface area contributed by atoms with Crippen LogP contribution in [-0.2, 0) is 0 Å². The van der Waals surface area contributed by atoms with E-state index < -0.39 is 24.5 Å². The number of halogens is 4. The van der Waals surface area contributed by atoms with E-state index in [0.717, 1.165) is 6.92 Å². The summed E-state index contributed by atoms with van der Waals surface area (Å²) in [5.74, 6) is -3.64. The molecule has 36 heavy (non-hydrogen) atoms. The maximum absolute atomic E-state index is 13.8. The molecule has 1 heterocycles. The quantitative estimate of drug-likeness (QED) is 0.386. The molecule has 4 rings (SSSR count). The van der Waals surface area contributed by atoms with Crippen molar-refractivity contribution in [3.05, 3.63) is 89.8 Å². The highest BCUT2D eigenvalue weighted by Crippen LogP contribution is 2.33. The summed E-state index contributed by atoms with van der Waals surface area (Å²) in [7, 11) is 0. The third-order valence-corrected chi connectivity index (χ3v) is 5.98. The van der Waals surface area contributed by atoms with Crippen LogP contribution in [0.1, 0.15) is 29.9 Å². The van der Waals surface area contributed by atoms with Crippen molar-refractivity contribution in [1.82, 2.24) is 15.1 Å². The van der Waals surface area contributed by atoms with Crippen LogP contribution in [0, 0.1) is 12.8 Å². The molecule has 3 aromatic rings. The maximum Gasteiger partial charge on any atom is 0.387 e. The fourth-order valence-electron chi connectivity index (χ4n) is 3.99. The molecular weight excluding hydrogens is 474 g/mol. The van der Waals surface area contributed by atoms with Crippen LogP contribution in [0.4, 0.5) is 17.6 Å². The number of nitrogens with one attached hydrogen (secondary N) is 1. The predicted molar refractivity (Wildman–Crippen MR) is 129 cm³/mol. The van der Waals surface area contributed by atoms with E-state index in [-0.39, 0.29) is 22.8 Å². The van der Waals surface area contributed by atoms with Crippen LogP contribution in [0.15, 0.2) is 78.5 Å². The monoisotopic (exact) mass is 499 g/mol. The summed E-state index contributed by atoms with van der Waals surface area (Å²) in [5, 5.41) is 7.22. The zero-order valence-corrected chi connectivity index (χ0v) is 19.9. The van der Waals surface area contributed by atoms with Crippen molar-refractivity contribution >= 4 is 5.91 Å². The number of rotatable bonds is 7. The zero-order valence-electron chi connectivity index (χ0n) is 19.9. The van der Waals surface area contributed by atoms with Gasteiger partial charge in [0, 0.05) is 24.3 Å². The number of aromatic nitrogens is 2. The molecule has 9 heteroatoms. The van der Waals surface area contributed by atoms with Crippen LogP contribution < -0.4 is 10.1 Å². The van der Waals surface area contributed by atoms with Crippen molar-refractivity contribution in [2.45, 2.75) is 39.3 Å². The van der Waals surface area contributed by atoms with Gasteiger partial charge in [0.15, 0.2) is 0 Å². The van der Waals surface area contributed by atoms with Crippen LogP contribution in [-0.4, -0.2) is 34.3 Å². The molecule has 1 aliphatic rings. The molecule has 0 saturated heterocycles. The van der Waals surface area contributed by atoms with Gasteiger partial charge in [-0.1, -0.05) is 55.5 Å². The Balaban J connectivity index is 1.63. The van der Waals surface area contributed by atoms with Gasteiger partial charge in [-0.05, 0) is 36.6 Å². The summed E-state index contributed by atoms with van der Waals surface area (Å²) in [6, 6.07) is 12.9. The lowest BCUT2D eigenvalue weighted by Gasteiger charge is -2.26. The van der Waals surface area contributed by atoms with Gasteiger partial charge >= 0.3 is 6.61 Å². The molecule has 5 nitrogen and oxygen atoms in total. The largest absolute Gasteiger partial charge is 0.434 e. The average molecular weight is 500 g/mol. The summed E-state index contributed by atoms with van der Waals surface area (Å²) in [6.07, 6.45) is 5.91. The van der Waals surface area contributed by atoms with Gasteiger partial charge in [0.1, 0.15) is 5.75 Å². The number of nitrogens with zero attached hydrogens (tertiary/aromatic N) is 2. The molecule has 1 aliphatic carbocycles. The Labute approximate surface area is 206 Å². The molecular formula is C27H25F4N3O2. The fourth-order valence-corrected chi connectivity index (χ4v) is 3.99. The van der Waals surface area contributed by atoms with Crippen molar-refractivity contribution in [1.29, 1.82) is 0 Å². The molecule has 0 radical (unpaired) electrons. The molecule has 188 valence electrons. The highest BCUT2D eigenvalue weighted by Gasteiger charge is 2.31. The van der Waals surface area contributed by atoms with Crippen LogP contribution >= 0.6 is 0 Å².